The van der Waals surface area contributed by atoms with Crippen LogP contribution >= 0.6 is 0 Å². The molecule has 2 aromatic carbocycles. The Morgan fingerprint density at radius 2 is 1.77 bits per heavy atom. The summed E-state index contributed by atoms with van der Waals surface area (Å²) in [5, 5.41) is 5.97. The summed E-state index contributed by atoms with van der Waals surface area (Å²) >= 11 is 0. The highest BCUT2D eigenvalue weighted by Crippen LogP contribution is 2.40. The van der Waals surface area contributed by atoms with Crippen molar-refractivity contribution in [2.24, 2.45) is 0 Å². The van der Waals surface area contributed by atoms with Crippen molar-refractivity contribution in [2.45, 2.75) is 37.6 Å². The van der Waals surface area contributed by atoms with Gasteiger partial charge < -0.3 is 24.8 Å². The third kappa shape index (κ3) is 4.99. The van der Waals surface area contributed by atoms with Gasteiger partial charge in [-0.05, 0) is 49.6 Å². The molecule has 7 heteroatoms. The Bertz CT molecular complexity index is 925. The van der Waals surface area contributed by atoms with E-state index in [0.29, 0.717) is 25.3 Å². The molecule has 0 aromatic heterocycles. The van der Waals surface area contributed by atoms with Gasteiger partial charge in [0.05, 0.1) is 0 Å². The van der Waals surface area contributed by atoms with Crippen molar-refractivity contribution in [3.8, 4) is 11.5 Å². The number of benzene rings is 2. The Hall–Kier alpha value is -3.06. The van der Waals surface area contributed by atoms with E-state index in [1.165, 1.54) is 0 Å². The molecule has 0 aliphatic carbocycles. The van der Waals surface area contributed by atoms with Crippen LogP contribution in [0.4, 0.5) is 0 Å². The molecule has 2 N–H and O–H groups in total. The highest BCUT2D eigenvalue weighted by Gasteiger charge is 2.36. The molecule has 2 aliphatic heterocycles. The molecule has 4 rings (SSSR count). The van der Waals surface area contributed by atoms with Crippen LogP contribution < -0.4 is 20.1 Å². The molecule has 0 radical (unpaired) electrons. The number of carbonyl (C=O) groups excluding carboxylic acids is 2. The molecule has 0 spiro atoms. The second kappa shape index (κ2) is 9.39. The van der Waals surface area contributed by atoms with E-state index in [-0.39, 0.29) is 36.5 Å². The van der Waals surface area contributed by atoms with Gasteiger partial charge in [0.25, 0.3) is 5.91 Å². The van der Waals surface area contributed by atoms with Gasteiger partial charge in [-0.25, -0.2) is 0 Å². The van der Waals surface area contributed by atoms with Crippen LogP contribution in [-0.2, 0) is 14.9 Å². The molecule has 2 aliphatic rings. The predicted molar refractivity (Wildman–Crippen MR) is 115 cm³/mol. The summed E-state index contributed by atoms with van der Waals surface area (Å²) in [4.78, 5) is 24.9. The normalized spacial score (nSPS) is 17.6. The first-order valence-electron chi connectivity index (χ1n) is 10.7. The van der Waals surface area contributed by atoms with E-state index in [1.807, 2.05) is 43.3 Å². The molecular formula is C24H28N2O5. The Kier molecular flexibility index (Phi) is 6.42. The van der Waals surface area contributed by atoms with Gasteiger partial charge in [-0.3, -0.25) is 9.59 Å². The third-order valence-electron chi connectivity index (χ3n) is 5.96. The van der Waals surface area contributed by atoms with Crippen LogP contribution in [0.3, 0.4) is 0 Å². The molecule has 31 heavy (non-hydrogen) atoms. The molecular weight excluding hydrogens is 396 g/mol. The van der Waals surface area contributed by atoms with E-state index in [1.54, 1.807) is 12.1 Å². The van der Waals surface area contributed by atoms with Gasteiger partial charge in [-0.15, -0.1) is 0 Å². The van der Waals surface area contributed by atoms with Crippen LogP contribution in [0.15, 0.2) is 48.5 Å². The quantitative estimate of drug-likeness (QED) is 0.714. The lowest BCUT2D eigenvalue weighted by Gasteiger charge is -2.38. The van der Waals surface area contributed by atoms with E-state index in [4.69, 9.17) is 14.2 Å². The Balaban J connectivity index is 1.36. The first kappa shape index (κ1) is 21.2. The Morgan fingerprint density at radius 3 is 2.55 bits per heavy atom. The molecule has 2 amide bonds. The van der Waals surface area contributed by atoms with Gasteiger partial charge in [0.1, 0.15) is 0 Å². The lowest BCUT2D eigenvalue weighted by molar-refractivity contribution is -0.121. The minimum atomic E-state index is -0.274. The van der Waals surface area contributed by atoms with Crippen LogP contribution in [0.5, 0.6) is 11.5 Å². The fourth-order valence-corrected chi connectivity index (χ4v) is 4.12. The van der Waals surface area contributed by atoms with Gasteiger partial charge in [0.2, 0.25) is 12.7 Å². The maximum absolute atomic E-state index is 12.6. The number of hydrogen-bond donors (Lipinski definition) is 2. The Morgan fingerprint density at radius 1 is 1.03 bits per heavy atom. The summed E-state index contributed by atoms with van der Waals surface area (Å²) in [5.74, 6) is 1.22. The zero-order valence-electron chi connectivity index (χ0n) is 17.7. The maximum atomic E-state index is 12.6. The standard InChI is InChI=1S/C24H28N2O5/c1-17(26-23(28)18-5-3-2-4-6-18)13-22(27)25-15-24(9-11-29-12-10-24)19-7-8-20-21(14-19)31-16-30-20/h2-8,14,17H,9-13,15-16H2,1H3,(H,25,27)(H,26,28). The average molecular weight is 424 g/mol. The van der Waals surface area contributed by atoms with Crippen molar-refractivity contribution in [3.05, 3.63) is 59.7 Å². The number of rotatable bonds is 7. The van der Waals surface area contributed by atoms with Crippen LogP contribution in [0, 0.1) is 0 Å². The van der Waals surface area contributed by atoms with Gasteiger partial charge in [-0.2, -0.15) is 0 Å². The van der Waals surface area contributed by atoms with E-state index < -0.39 is 0 Å². The van der Waals surface area contributed by atoms with Crippen LogP contribution in [0.2, 0.25) is 0 Å². The van der Waals surface area contributed by atoms with Crippen molar-refractivity contribution in [1.82, 2.24) is 10.6 Å². The fraction of sp³-hybridized carbons (Fsp3) is 0.417. The number of fused-ring (bicyclic) bond motifs is 1. The second-order valence-corrected chi connectivity index (χ2v) is 8.18. The molecule has 1 atom stereocenters. The molecule has 0 bridgehead atoms. The number of hydrogen-bond acceptors (Lipinski definition) is 5. The van der Waals surface area contributed by atoms with E-state index >= 15 is 0 Å². The average Bonchev–Trinajstić information content (AvgIpc) is 3.27. The molecule has 164 valence electrons. The van der Waals surface area contributed by atoms with Crippen molar-refractivity contribution >= 4 is 11.8 Å². The van der Waals surface area contributed by atoms with Crippen molar-refractivity contribution in [1.29, 1.82) is 0 Å². The maximum Gasteiger partial charge on any atom is 0.251 e. The number of carbonyl (C=O) groups is 2. The highest BCUT2D eigenvalue weighted by atomic mass is 16.7. The molecule has 1 fully saturated rings. The lowest BCUT2D eigenvalue weighted by atomic mass is 9.74. The summed E-state index contributed by atoms with van der Waals surface area (Å²) in [5.41, 5.74) is 1.48. The topological polar surface area (TPSA) is 85.9 Å². The molecule has 0 saturated carbocycles. The number of amides is 2. The van der Waals surface area contributed by atoms with Crippen LogP contribution in [0.1, 0.15) is 42.1 Å². The van der Waals surface area contributed by atoms with Gasteiger partial charge >= 0.3 is 0 Å². The number of ether oxygens (including phenoxy) is 3. The zero-order valence-corrected chi connectivity index (χ0v) is 17.7. The summed E-state index contributed by atoms with van der Waals surface area (Å²) in [6, 6.07) is 14.7. The highest BCUT2D eigenvalue weighted by molar-refractivity contribution is 5.94. The minimum Gasteiger partial charge on any atom is -0.454 e. The minimum absolute atomic E-state index is 0.0903. The van der Waals surface area contributed by atoms with Crippen LogP contribution in [0.25, 0.3) is 0 Å². The smallest absolute Gasteiger partial charge is 0.251 e. The molecule has 7 nitrogen and oxygen atoms in total. The van der Waals surface area contributed by atoms with E-state index in [9.17, 15) is 9.59 Å². The first-order chi connectivity index (χ1) is 15.1. The second-order valence-electron chi connectivity index (χ2n) is 8.18. The van der Waals surface area contributed by atoms with Crippen molar-refractivity contribution in [3.63, 3.8) is 0 Å². The van der Waals surface area contributed by atoms with Crippen molar-refractivity contribution < 1.29 is 23.8 Å². The Labute approximate surface area is 182 Å². The molecule has 2 heterocycles. The van der Waals surface area contributed by atoms with Crippen LogP contribution in [-0.4, -0.2) is 44.4 Å². The first-order valence-corrected chi connectivity index (χ1v) is 10.7. The summed E-state index contributed by atoms with van der Waals surface area (Å²) in [6.07, 6.45) is 1.84. The SMILES string of the molecule is CC(CC(=O)NCC1(c2ccc3c(c2)OCO3)CCOCC1)NC(=O)c1ccccc1. The van der Waals surface area contributed by atoms with E-state index in [2.05, 4.69) is 10.6 Å². The molecule has 2 aromatic rings. The lowest BCUT2D eigenvalue weighted by Crippen LogP contribution is -2.46. The van der Waals surface area contributed by atoms with Gasteiger partial charge in [0.15, 0.2) is 11.5 Å². The van der Waals surface area contributed by atoms with Gasteiger partial charge in [0, 0.05) is 43.2 Å². The fourth-order valence-electron chi connectivity index (χ4n) is 4.12. The van der Waals surface area contributed by atoms with Gasteiger partial charge in [-0.1, -0.05) is 24.3 Å². The predicted octanol–water partition coefficient (Wildman–Crippen LogP) is 2.79. The largest absolute Gasteiger partial charge is 0.454 e. The monoisotopic (exact) mass is 424 g/mol. The third-order valence-corrected chi connectivity index (χ3v) is 5.96. The summed E-state index contributed by atoms with van der Waals surface area (Å²) in [7, 11) is 0. The summed E-state index contributed by atoms with van der Waals surface area (Å²) in [6.45, 7) is 3.87. The number of nitrogens with one attached hydrogen (secondary N) is 2. The zero-order chi connectivity index (χ0) is 21.7. The van der Waals surface area contributed by atoms with Crippen molar-refractivity contribution in [2.75, 3.05) is 26.6 Å². The van der Waals surface area contributed by atoms with E-state index in [0.717, 1.165) is 29.9 Å². The molecule has 1 saturated heterocycles. The molecule has 1 unspecified atom stereocenters. The summed E-state index contributed by atoms with van der Waals surface area (Å²) < 4.78 is 16.6.